The van der Waals surface area contributed by atoms with Crippen molar-refractivity contribution in [1.29, 1.82) is 0 Å². The van der Waals surface area contributed by atoms with E-state index in [0.29, 0.717) is 12.1 Å². The Balaban J connectivity index is 1.86. The van der Waals surface area contributed by atoms with Crippen LogP contribution in [0.1, 0.15) is 32.0 Å². The van der Waals surface area contributed by atoms with Gasteiger partial charge in [-0.3, -0.25) is 9.59 Å². The molecule has 0 aliphatic heterocycles. The van der Waals surface area contributed by atoms with Gasteiger partial charge in [0, 0.05) is 11.6 Å². The van der Waals surface area contributed by atoms with E-state index in [2.05, 4.69) is 15.5 Å². The monoisotopic (exact) mass is 476 g/mol. The van der Waals surface area contributed by atoms with Crippen molar-refractivity contribution in [2.24, 2.45) is 5.73 Å². The number of alkyl halides is 3. The molecule has 0 saturated carbocycles. The highest BCUT2D eigenvalue weighted by Crippen LogP contribution is 2.37. The Bertz CT molecular complexity index is 1460. The number of anilines is 1. The molecule has 4 rings (SSSR count). The molecule has 2 amide bonds. The average molecular weight is 476 g/mol. The van der Waals surface area contributed by atoms with Crippen LogP contribution in [0.2, 0.25) is 0 Å². The molecule has 0 fully saturated rings. The minimum absolute atomic E-state index is 0.0726. The van der Waals surface area contributed by atoms with Crippen molar-refractivity contribution in [3.63, 3.8) is 0 Å². The summed E-state index contributed by atoms with van der Waals surface area (Å²) in [6, 6.07) is 6.73. The summed E-state index contributed by atoms with van der Waals surface area (Å²) in [5.74, 6) is -4.62. The molecule has 0 unspecified atom stereocenters. The van der Waals surface area contributed by atoms with Crippen LogP contribution in [0.15, 0.2) is 47.0 Å². The third kappa shape index (κ3) is 4.05. The topological polar surface area (TPSA) is 111 Å². The van der Waals surface area contributed by atoms with Crippen LogP contribution in [0.4, 0.5) is 27.6 Å². The van der Waals surface area contributed by atoms with E-state index in [9.17, 15) is 31.5 Å². The van der Waals surface area contributed by atoms with Crippen LogP contribution in [0.5, 0.6) is 0 Å². The second kappa shape index (κ2) is 8.21. The molecule has 3 N–H and O–H groups in total. The summed E-state index contributed by atoms with van der Waals surface area (Å²) < 4.78 is 73.7. The van der Waals surface area contributed by atoms with Crippen LogP contribution >= 0.6 is 0 Å². The lowest BCUT2D eigenvalue weighted by Gasteiger charge is -2.13. The summed E-state index contributed by atoms with van der Waals surface area (Å²) in [6.45, 7) is 1.47. The quantitative estimate of drug-likeness (QED) is 0.409. The number of primary amides is 1. The number of pyridine rings is 1. The van der Waals surface area contributed by atoms with Crippen molar-refractivity contribution in [2.45, 2.75) is 13.1 Å². The number of aryl methyl sites for hydroxylation is 1. The summed E-state index contributed by atoms with van der Waals surface area (Å²) in [5.41, 5.74) is 1.96. The Labute approximate surface area is 187 Å². The second-order valence-corrected chi connectivity index (χ2v) is 7.18. The lowest BCUT2D eigenvalue weighted by Crippen LogP contribution is -2.18. The van der Waals surface area contributed by atoms with Crippen molar-refractivity contribution in [2.75, 3.05) is 5.32 Å². The molecule has 2 aromatic carbocycles. The van der Waals surface area contributed by atoms with Gasteiger partial charge in [-0.05, 0) is 25.1 Å². The van der Waals surface area contributed by atoms with Gasteiger partial charge in [0.15, 0.2) is 0 Å². The molecule has 0 atom stereocenters. The van der Waals surface area contributed by atoms with Gasteiger partial charge in [-0.25, -0.2) is 13.8 Å². The molecule has 4 aromatic rings. The number of fused-ring (bicyclic) bond motifs is 1. The van der Waals surface area contributed by atoms with Crippen LogP contribution < -0.4 is 11.1 Å². The Morgan fingerprint density at radius 3 is 2.41 bits per heavy atom. The predicted octanol–water partition coefficient (Wildman–Crippen LogP) is 4.85. The Morgan fingerprint density at radius 2 is 1.74 bits per heavy atom. The van der Waals surface area contributed by atoms with Gasteiger partial charge in [0.25, 0.3) is 17.5 Å². The summed E-state index contributed by atoms with van der Waals surface area (Å²) in [6.07, 6.45) is -4.71. The van der Waals surface area contributed by atoms with Gasteiger partial charge < -0.3 is 15.6 Å². The van der Waals surface area contributed by atoms with Gasteiger partial charge in [0.1, 0.15) is 11.6 Å². The molecule has 0 saturated heterocycles. The number of hydrogen-bond donors (Lipinski definition) is 2. The molecule has 0 radical (unpaired) electrons. The van der Waals surface area contributed by atoms with E-state index in [-0.39, 0.29) is 33.6 Å². The van der Waals surface area contributed by atoms with Crippen molar-refractivity contribution in [1.82, 2.24) is 10.1 Å². The first-order chi connectivity index (χ1) is 16.0. The molecule has 0 spiro atoms. The van der Waals surface area contributed by atoms with Crippen LogP contribution in [0.25, 0.3) is 22.4 Å². The molecule has 7 nitrogen and oxygen atoms in total. The fraction of sp³-hybridized carbons (Fsp3) is 0.0909. The second-order valence-electron chi connectivity index (χ2n) is 7.18. The third-order valence-corrected chi connectivity index (χ3v) is 4.94. The molecule has 0 aliphatic carbocycles. The number of nitrogens with zero attached hydrogens (tertiary/aromatic N) is 2. The normalized spacial score (nSPS) is 11.6. The minimum atomic E-state index is -4.71. The van der Waals surface area contributed by atoms with E-state index in [4.69, 9.17) is 10.3 Å². The largest absolute Gasteiger partial charge is 0.417 e. The lowest BCUT2D eigenvalue weighted by molar-refractivity contribution is -0.137. The van der Waals surface area contributed by atoms with Crippen molar-refractivity contribution < 1.29 is 36.1 Å². The highest BCUT2D eigenvalue weighted by molar-refractivity contribution is 6.13. The number of benzene rings is 2. The first kappa shape index (κ1) is 22.8. The van der Waals surface area contributed by atoms with Gasteiger partial charge in [0.05, 0.1) is 39.2 Å². The number of hydrogen-bond acceptors (Lipinski definition) is 5. The van der Waals surface area contributed by atoms with Crippen molar-refractivity contribution >= 4 is 28.6 Å². The van der Waals surface area contributed by atoms with E-state index in [1.807, 2.05) is 0 Å². The van der Waals surface area contributed by atoms with Crippen molar-refractivity contribution in [3.05, 3.63) is 76.5 Å². The van der Waals surface area contributed by atoms with Gasteiger partial charge in [-0.1, -0.05) is 23.4 Å². The van der Waals surface area contributed by atoms with E-state index in [1.165, 1.54) is 25.1 Å². The van der Waals surface area contributed by atoms with Gasteiger partial charge in [-0.2, -0.15) is 13.2 Å². The number of rotatable bonds is 4. The number of carbonyl (C=O) groups is 2. The number of aromatic nitrogens is 2. The third-order valence-electron chi connectivity index (χ3n) is 4.94. The number of nitrogens with one attached hydrogen (secondary N) is 1. The fourth-order valence-corrected chi connectivity index (χ4v) is 3.39. The van der Waals surface area contributed by atoms with Crippen LogP contribution in [-0.2, 0) is 6.18 Å². The van der Waals surface area contributed by atoms with Crippen LogP contribution in [-0.4, -0.2) is 22.0 Å². The predicted molar refractivity (Wildman–Crippen MR) is 110 cm³/mol. The Morgan fingerprint density at radius 1 is 1.03 bits per heavy atom. The molecular weight excluding hydrogens is 463 g/mol. The number of nitrogens with two attached hydrogens (primary N) is 1. The molecule has 2 heterocycles. The highest BCUT2D eigenvalue weighted by atomic mass is 19.4. The maximum atomic E-state index is 14.3. The molecule has 174 valence electrons. The molecule has 2 aromatic heterocycles. The Hall–Kier alpha value is -4.35. The zero-order chi connectivity index (χ0) is 24.8. The number of carbonyl (C=O) groups excluding carboxylic acids is 2. The Kier molecular flexibility index (Phi) is 5.51. The SMILES string of the molecule is Cc1noc2nc(-c3ccccc3C(F)(F)F)cc(C(=O)Nc3cc(C(N)=O)c(F)cc3F)c12. The lowest BCUT2D eigenvalue weighted by atomic mass is 10.0. The maximum Gasteiger partial charge on any atom is 0.417 e. The first-order valence-electron chi connectivity index (χ1n) is 9.51. The zero-order valence-corrected chi connectivity index (χ0v) is 17.1. The van der Waals surface area contributed by atoms with Crippen LogP contribution in [0.3, 0.4) is 0 Å². The van der Waals surface area contributed by atoms with E-state index >= 15 is 0 Å². The summed E-state index contributed by atoms with van der Waals surface area (Å²) in [4.78, 5) is 28.5. The molecule has 34 heavy (non-hydrogen) atoms. The van der Waals surface area contributed by atoms with E-state index < -0.39 is 46.4 Å². The standard InChI is InChI=1S/C22H13F5N4O3/c1-9-18-12(20(33)29-17-6-11(19(28)32)14(23)8-15(17)24)7-16(30-21(18)34-31-9)10-4-2-3-5-13(10)22(25,26)27/h2-8H,1H3,(H2,28,32)(H,29,33). The molecule has 0 bridgehead atoms. The van der Waals surface area contributed by atoms with Gasteiger partial charge >= 0.3 is 6.18 Å². The summed E-state index contributed by atoms with van der Waals surface area (Å²) >= 11 is 0. The van der Waals surface area contributed by atoms with Crippen LogP contribution in [0, 0.1) is 18.6 Å². The van der Waals surface area contributed by atoms with E-state index in [1.54, 1.807) is 0 Å². The average Bonchev–Trinajstić information content (AvgIpc) is 3.14. The molecule has 12 heteroatoms. The number of halogens is 5. The van der Waals surface area contributed by atoms with Crippen molar-refractivity contribution in [3.8, 4) is 11.3 Å². The maximum absolute atomic E-state index is 14.3. The smallest absolute Gasteiger partial charge is 0.366 e. The first-order valence-corrected chi connectivity index (χ1v) is 9.51. The van der Waals surface area contributed by atoms with Gasteiger partial charge in [0.2, 0.25) is 0 Å². The molecular formula is C22H13F5N4O3. The minimum Gasteiger partial charge on any atom is -0.366 e. The fourth-order valence-electron chi connectivity index (χ4n) is 3.39. The van der Waals surface area contributed by atoms with E-state index in [0.717, 1.165) is 12.1 Å². The highest BCUT2D eigenvalue weighted by Gasteiger charge is 2.34. The van der Waals surface area contributed by atoms with Gasteiger partial charge in [-0.15, -0.1) is 0 Å². The summed E-state index contributed by atoms with van der Waals surface area (Å²) in [7, 11) is 0. The zero-order valence-electron chi connectivity index (χ0n) is 17.1. The number of amides is 2. The molecule has 0 aliphatic rings. The summed E-state index contributed by atoms with van der Waals surface area (Å²) in [5, 5.41) is 5.94.